The van der Waals surface area contributed by atoms with E-state index >= 15 is 0 Å². The molecule has 0 saturated heterocycles. The maximum Gasteiger partial charge on any atom is 0.336 e. The quantitative estimate of drug-likeness (QED) is 0.451. The zero-order valence-corrected chi connectivity index (χ0v) is 16.7. The Balaban J connectivity index is 1.49. The fraction of sp³-hybridized carbons (Fsp3) is 0.150. The monoisotopic (exact) mass is 413 g/mol. The van der Waals surface area contributed by atoms with Crippen molar-refractivity contribution >= 4 is 44.7 Å². The minimum absolute atomic E-state index is 0.266. The highest BCUT2D eigenvalue weighted by molar-refractivity contribution is 7.15. The Morgan fingerprint density at radius 1 is 1.14 bits per heavy atom. The summed E-state index contributed by atoms with van der Waals surface area (Å²) in [6.07, 6.45) is 0. The van der Waals surface area contributed by atoms with Crippen LogP contribution in [0, 0.1) is 13.8 Å². The van der Waals surface area contributed by atoms with Gasteiger partial charge in [-0.15, -0.1) is 10.2 Å². The first-order valence-corrected chi connectivity index (χ1v) is 9.71. The van der Waals surface area contributed by atoms with Crippen LogP contribution < -0.4 is 15.7 Å². The molecule has 0 fully saturated rings. The Kier molecular flexibility index (Phi) is 5.02. The van der Waals surface area contributed by atoms with E-state index in [9.17, 15) is 4.79 Å². The minimum atomic E-state index is -0.368. The first kappa shape index (κ1) is 18.5. The van der Waals surface area contributed by atoms with Crippen LogP contribution in [0.4, 0.5) is 10.8 Å². The van der Waals surface area contributed by atoms with E-state index in [0.29, 0.717) is 21.5 Å². The number of benzene rings is 2. The van der Waals surface area contributed by atoms with Crippen LogP contribution in [0.3, 0.4) is 0 Å². The molecule has 6 nitrogen and oxygen atoms in total. The maximum absolute atomic E-state index is 11.7. The summed E-state index contributed by atoms with van der Waals surface area (Å²) in [5.41, 5.74) is 2.71. The van der Waals surface area contributed by atoms with Gasteiger partial charge in [-0.3, -0.25) is 0 Å². The molecule has 2 aromatic carbocycles. The van der Waals surface area contributed by atoms with Gasteiger partial charge in [0.15, 0.2) is 5.01 Å². The highest BCUT2D eigenvalue weighted by atomic mass is 35.5. The molecule has 142 valence electrons. The van der Waals surface area contributed by atoms with E-state index < -0.39 is 0 Å². The third kappa shape index (κ3) is 3.85. The van der Waals surface area contributed by atoms with E-state index in [0.717, 1.165) is 27.2 Å². The topological polar surface area (TPSA) is 77.2 Å². The Morgan fingerprint density at radius 3 is 2.71 bits per heavy atom. The van der Waals surface area contributed by atoms with Crippen molar-refractivity contribution < 1.29 is 9.15 Å². The van der Waals surface area contributed by atoms with Gasteiger partial charge in [0.25, 0.3) is 0 Å². The van der Waals surface area contributed by atoms with Crippen molar-refractivity contribution in [2.45, 2.75) is 20.5 Å². The van der Waals surface area contributed by atoms with Gasteiger partial charge in [-0.05, 0) is 55.8 Å². The van der Waals surface area contributed by atoms with Crippen molar-refractivity contribution in [3.05, 3.63) is 74.0 Å². The maximum atomic E-state index is 11.7. The van der Waals surface area contributed by atoms with Crippen LogP contribution in [0.1, 0.15) is 16.1 Å². The Hall–Kier alpha value is -2.90. The number of halogens is 1. The van der Waals surface area contributed by atoms with Gasteiger partial charge < -0.3 is 14.5 Å². The predicted molar refractivity (Wildman–Crippen MR) is 111 cm³/mol. The summed E-state index contributed by atoms with van der Waals surface area (Å²) in [6, 6.07) is 12.6. The molecule has 8 heteroatoms. The molecule has 0 atom stereocenters. The van der Waals surface area contributed by atoms with Crippen molar-refractivity contribution in [2.75, 3.05) is 5.32 Å². The van der Waals surface area contributed by atoms with Gasteiger partial charge in [-0.1, -0.05) is 22.9 Å². The molecular formula is C20H16ClN3O3S. The highest BCUT2D eigenvalue weighted by Crippen LogP contribution is 2.29. The average Bonchev–Trinajstić information content (AvgIpc) is 3.11. The molecule has 0 aliphatic heterocycles. The lowest BCUT2D eigenvalue weighted by Crippen LogP contribution is -2.01. The summed E-state index contributed by atoms with van der Waals surface area (Å²) in [7, 11) is 0. The zero-order chi connectivity index (χ0) is 19.7. The molecule has 2 aromatic heterocycles. The molecule has 2 heterocycles. The van der Waals surface area contributed by atoms with Gasteiger partial charge in [0.05, 0.1) is 0 Å². The summed E-state index contributed by atoms with van der Waals surface area (Å²) >= 11 is 7.29. The molecule has 4 rings (SSSR count). The van der Waals surface area contributed by atoms with Gasteiger partial charge in [0.2, 0.25) is 5.13 Å². The molecular weight excluding hydrogens is 398 g/mol. The van der Waals surface area contributed by atoms with Crippen molar-refractivity contribution in [3.8, 4) is 5.75 Å². The SMILES string of the molecule is Cc1cc(=O)oc2c(C)c(OCc3nnc(Nc4ccc(Cl)cc4)s3)ccc12. The number of fused-ring (bicyclic) bond motifs is 1. The third-order valence-corrected chi connectivity index (χ3v) is 5.30. The van der Waals surface area contributed by atoms with Crippen molar-refractivity contribution in [1.82, 2.24) is 10.2 Å². The molecule has 0 saturated carbocycles. The fourth-order valence-corrected chi connectivity index (χ4v) is 3.61. The first-order chi connectivity index (χ1) is 13.5. The summed E-state index contributed by atoms with van der Waals surface area (Å²) in [5.74, 6) is 0.642. The second-order valence-electron chi connectivity index (χ2n) is 6.24. The van der Waals surface area contributed by atoms with E-state index in [-0.39, 0.29) is 12.2 Å². The molecule has 0 radical (unpaired) electrons. The predicted octanol–water partition coefficient (Wildman–Crippen LogP) is 5.24. The van der Waals surface area contributed by atoms with Crippen molar-refractivity contribution in [2.24, 2.45) is 0 Å². The lowest BCUT2D eigenvalue weighted by Gasteiger charge is -2.10. The van der Waals surface area contributed by atoms with Gasteiger partial charge >= 0.3 is 5.63 Å². The van der Waals surface area contributed by atoms with Crippen LogP contribution >= 0.6 is 22.9 Å². The number of anilines is 2. The fourth-order valence-electron chi connectivity index (χ4n) is 2.82. The third-order valence-electron chi connectivity index (χ3n) is 4.23. The molecule has 0 unspecified atom stereocenters. The van der Waals surface area contributed by atoms with E-state index in [2.05, 4.69) is 15.5 Å². The Labute approximate surface area is 169 Å². The molecule has 0 aliphatic carbocycles. The van der Waals surface area contributed by atoms with Gasteiger partial charge in [-0.25, -0.2) is 4.79 Å². The molecule has 4 aromatic rings. The lowest BCUT2D eigenvalue weighted by molar-refractivity contribution is 0.302. The number of hydrogen-bond acceptors (Lipinski definition) is 7. The van der Waals surface area contributed by atoms with Crippen LogP contribution in [0.15, 0.2) is 51.7 Å². The van der Waals surface area contributed by atoms with Crippen LogP contribution in [-0.4, -0.2) is 10.2 Å². The number of rotatable bonds is 5. The van der Waals surface area contributed by atoms with Crippen molar-refractivity contribution in [1.29, 1.82) is 0 Å². The normalized spacial score (nSPS) is 11.0. The van der Waals surface area contributed by atoms with Gasteiger partial charge in [0.1, 0.15) is 17.9 Å². The second kappa shape index (κ2) is 7.61. The largest absolute Gasteiger partial charge is 0.486 e. The number of aryl methyl sites for hydroxylation is 2. The average molecular weight is 414 g/mol. The summed E-state index contributed by atoms with van der Waals surface area (Å²) in [4.78, 5) is 11.7. The smallest absolute Gasteiger partial charge is 0.336 e. The number of hydrogen-bond donors (Lipinski definition) is 1. The van der Waals surface area contributed by atoms with E-state index in [1.54, 1.807) is 12.1 Å². The molecule has 0 spiro atoms. The minimum Gasteiger partial charge on any atom is -0.486 e. The highest BCUT2D eigenvalue weighted by Gasteiger charge is 2.11. The van der Waals surface area contributed by atoms with Crippen LogP contribution in [0.5, 0.6) is 5.75 Å². The number of nitrogens with one attached hydrogen (secondary N) is 1. The van der Waals surface area contributed by atoms with E-state index in [4.69, 9.17) is 20.8 Å². The summed E-state index contributed by atoms with van der Waals surface area (Å²) < 4.78 is 11.3. The van der Waals surface area contributed by atoms with Crippen LogP contribution in [-0.2, 0) is 6.61 Å². The second-order valence-corrected chi connectivity index (χ2v) is 7.73. The molecule has 0 aliphatic rings. The van der Waals surface area contributed by atoms with E-state index in [1.165, 1.54) is 17.4 Å². The summed E-state index contributed by atoms with van der Waals surface area (Å²) in [5, 5.41) is 14.4. The molecule has 1 N–H and O–H groups in total. The lowest BCUT2D eigenvalue weighted by atomic mass is 10.1. The number of ether oxygens (including phenoxy) is 1. The number of aromatic nitrogens is 2. The Morgan fingerprint density at radius 2 is 1.93 bits per heavy atom. The van der Waals surface area contributed by atoms with Gasteiger partial charge in [0, 0.05) is 27.7 Å². The van der Waals surface area contributed by atoms with Gasteiger partial charge in [-0.2, -0.15) is 0 Å². The van der Waals surface area contributed by atoms with Crippen molar-refractivity contribution in [3.63, 3.8) is 0 Å². The van der Waals surface area contributed by atoms with Crippen LogP contribution in [0.2, 0.25) is 5.02 Å². The van der Waals surface area contributed by atoms with E-state index in [1.807, 2.05) is 38.1 Å². The Bertz CT molecular complexity index is 1200. The standard InChI is InChI=1S/C20H16ClN3O3S/c1-11-9-18(25)27-19-12(2)16(8-7-15(11)19)26-10-17-23-24-20(28-17)22-14-5-3-13(21)4-6-14/h3-9H,10H2,1-2H3,(H,22,24). The zero-order valence-electron chi connectivity index (χ0n) is 15.2. The molecule has 0 bridgehead atoms. The summed E-state index contributed by atoms with van der Waals surface area (Å²) in [6.45, 7) is 4.02. The van der Waals surface area contributed by atoms with Crippen LogP contribution in [0.25, 0.3) is 11.0 Å². The molecule has 0 amide bonds. The first-order valence-electron chi connectivity index (χ1n) is 8.51. The number of nitrogens with zero attached hydrogens (tertiary/aromatic N) is 2. The molecule has 28 heavy (non-hydrogen) atoms.